The van der Waals surface area contributed by atoms with Crippen molar-refractivity contribution in [1.29, 1.82) is 0 Å². The van der Waals surface area contributed by atoms with Gasteiger partial charge in [0.25, 0.3) is 0 Å². The first-order valence-electron chi connectivity index (χ1n) is 3.05. The molecule has 0 unspecified atom stereocenters. The Morgan fingerprint density at radius 3 is 1.67 bits per heavy atom. The van der Waals surface area contributed by atoms with Crippen molar-refractivity contribution in [2.75, 3.05) is 0 Å². The maximum atomic E-state index is 8.52. The van der Waals surface area contributed by atoms with Crippen LogP contribution in [0.1, 0.15) is 20.3 Å². The third-order valence-corrected chi connectivity index (χ3v) is 0.638. The third-order valence-electron chi connectivity index (χ3n) is 0.638. The fourth-order valence-corrected chi connectivity index (χ4v) is 0.333. The molecule has 0 saturated heterocycles. The fourth-order valence-electron chi connectivity index (χ4n) is 0.333. The zero-order chi connectivity index (χ0) is 9.49. The molecule has 0 bridgehead atoms. The Kier molecular flexibility index (Phi) is 16.1. The summed E-state index contributed by atoms with van der Waals surface area (Å²) >= 11 is 0. The van der Waals surface area contributed by atoms with E-state index < -0.39 is 10.4 Å². The van der Waals surface area contributed by atoms with Crippen LogP contribution in [-0.4, -0.2) is 66.4 Å². The maximum Gasteiger partial charge on any atom is 2.00 e. The molecule has 68 valence electrons. The molecule has 0 saturated carbocycles. The van der Waals surface area contributed by atoms with E-state index in [2.05, 4.69) is 20.4 Å². The summed E-state index contributed by atoms with van der Waals surface area (Å²) in [6.45, 7) is 7.97. The molecule has 0 atom stereocenters. The molecular weight excluding hydrogens is 305 g/mol. The SMILES string of the molecule is C=CCC(C)C.O=S(=O)([O-])[O-].[Ba+2]. The first-order chi connectivity index (χ1) is 4.77. The average molecular weight is 318 g/mol. The van der Waals surface area contributed by atoms with Crippen molar-refractivity contribution >= 4 is 59.3 Å². The summed E-state index contributed by atoms with van der Waals surface area (Å²) in [5, 5.41) is 0. The molecule has 0 aromatic heterocycles. The van der Waals surface area contributed by atoms with Crippen LogP contribution in [0.2, 0.25) is 0 Å². The minimum absolute atomic E-state index is 0. The summed E-state index contributed by atoms with van der Waals surface area (Å²) in [6.07, 6.45) is 3.09. The van der Waals surface area contributed by atoms with Gasteiger partial charge in [-0.05, 0) is 12.3 Å². The van der Waals surface area contributed by atoms with Crippen LogP contribution in [0, 0.1) is 5.92 Å². The van der Waals surface area contributed by atoms with Crippen LogP contribution < -0.4 is 0 Å². The number of hydrogen-bond donors (Lipinski definition) is 0. The number of hydrogen-bond acceptors (Lipinski definition) is 4. The van der Waals surface area contributed by atoms with Crippen molar-refractivity contribution in [2.45, 2.75) is 20.3 Å². The second-order valence-electron chi connectivity index (χ2n) is 2.33. The first kappa shape index (κ1) is 18.9. The van der Waals surface area contributed by atoms with E-state index in [1.165, 1.54) is 0 Å². The quantitative estimate of drug-likeness (QED) is 0.321. The second kappa shape index (κ2) is 10.3. The molecule has 0 N–H and O–H groups in total. The van der Waals surface area contributed by atoms with Crippen molar-refractivity contribution < 1.29 is 17.5 Å². The van der Waals surface area contributed by atoms with Gasteiger partial charge in [0, 0.05) is 10.4 Å². The van der Waals surface area contributed by atoms with E-state index in [0.29, 0.717) is 0 Å². The van der Waals surface area contributed by atoms with E-state index in [4.69, 9.17) is 17.5 Å². The Balaban J connectivity index is -0.000000126. The molecule has 0 spiro atoms. The molecule has 0 amide bonds. The Hall–Kier alpha value is 1.18. The van der Waals surface area contributed by atoms with E-state index in [9.17, 15) is 0 Å². The molecule has 0 aromatic rings. The predicted octanol–water partition coefficient (Wildman–Crippen LogP) is 0.500. The average Bonchev–Trinajstić information content (AvgIpc) is 1.58. The van der Waals surface area contributed by atoms with E-state index >= 15 is 0 Å². The van der Waals surface area contributed by atoms with E-state index in [1.807, 2.05) is 6.08 Å². The van der Waals surface area contributed by atoms with Gasteiger partial charge >= 0.3 is 48.9 Å². The molecule has 0 fully saturated rings. The van der Waals surface area contributed by atoms with Crippen molar-refractivity contribution in [3.05, 3.63) is 12.7 Å². The zero-order valence-corrected chi connectivity index (χ0v) is 12.6. The topological polar surface area (TPSA) is 80.3 Å². The molecule has 0 radical (unpaired) electrons. The summed E-state index contributed by atoms with van der Waals surface area (Å²) in [4.78, 5) is 0. The van der Waals surface area contributed by atoms with Crippen molar-refractivity contribution in [1.82, 2.24) is 0 Å². The van der Waals surface area contributed by atoms with Crippen LogP contribution in [0.4, 0.5) is 0 Å². The van der Waals surface area contributed by atoms with E-state index in [0.717, 1.165) is 12.3 Å². The van der Waals surface area contributed by atoms with E-state index in [1.54, 1.807) is 0 Å². The molecular formula is C6H12BaO4S. The zero-order valence-electron chi connectivity index (χ0n) is 7.32. The summed E-state index contributed by atoms with van der Waals surface area (Å²) in [6, 6.07) is 0. The van der Waals surface area contributed by atoms with Crippen molar-refractivity contribution in [3.8, 4) is 0 Å². The van der Waals surface area contributed by atoms with Gasteiger partial charge in [-0.15, -0.1) is 6.58 Å². The molecule has 0 aromatic carbocycles. The molecule has 0 heterocycles. The van der Waals surface area contributed by atoms with Crippen LogP contribution in [0.5, 0.6) is 0 Å². The monoisotopic (exact) mass is 318 g/mol. The molecule has 0 aliphatic carbocycles. The van der Waals surface area contributed by atoms with Gasteiger partial charge < -0.3 is 9.11 Å². The van der Waals surface area contributed by atoms with Gasteiger partial charge in [0.15, 0.2) is 0 Å². The summed E-state index contributed by atoms with van der Waals surface area (Å²) in [5.41, 5.74) is 0. The molecule has 6 heteroatoms. The molecule has 4 nitrogen and oxygen atoms in total. The van der Waals surface area contributed by atoms with Crippen LogP contribution in [0.3, 0.4) is 0 Å². The number of rotatable bonds is 2. The summed E-state index contributed by atoms with van der Waals surface area (Å²) < 4.78 is 34.1. The maximum absolute atomic E-state index is 8.52. The number of allylic oxidation sites excluding steroid dienone is 1. The van der Waals surface area contributed by atoms with Crippen LogP contribution in [0.25, 0.3) is 0 Å². The van der Waals surface area contributed by atoms with Gasteiger partial charge in [-0.2, -0.15) is 0 Å². The first-order valence-corrected chi connectivity index (χ1v) is 4.38. The normalized spacial score (nSPS) is 9.42. The Bertz CT molecular complexity index is 178. The van der Waals surface area contributed by atoms with Crippen LogP contribution in [-0.2, 0) is 10.4 Å². The Morgan fingerprint density at radius 2 is 1.67 bits per heavy atom. The van der Waals surface area contributed by atoms with Gasteiger partial charge in [-0.1, -0.05) is 19.9 Å². The Morgan fingerprint density at radius 1 is 1.42 bits per heavy atom. The molecule has 0 rings (SSSR count). The van der Waals surface area contributed by atoms with Gasteiger partial charge in [0.1, 0.15) is 0 Å². The third kappa shape index (κ3) is 66.3. The van der Waals surface area contributed by atoms with Crippen molar-refractivity contribution in [3.63, 3.8) is 0 Å². The minimum Gasteiger partial charge on any atom is -0.759 e. The van der Waals surface area contributed by atoms with Gasteiger partial charge in [-0.25, -0.2) is 0 Å². The standard InChI is InChI=1S/C6H12.Ba.H2O4S/c1-4-5-6(2)3;;1-5(2,3)4/h4,6H,1,5H2,2-3H3;;(H2,1,2,3,4)/q;+2;/p-2. The van der Waals surface area contributed by atoms with Crippen molar-refractivity contribution in [2.24, 2.45) is 5.92 Å². The summed E-state index contributed by atoms with van der Waals surface area (Å²) in [5.74, 6) is 0.780. The molecule has 0 aliphatic rings. The second-order valence-corrected chi connectivity index (χ2v) is 3.14. The van der Waals surface area contributed by atoms with Crippen LogP contribution in [0.15, 0.2) is 12.7 Å². The fraction of sp³-hybridized carbons (Fsp3) is 0.667. The van der Waals surface area contributed by atoms with Gasteiger partial charge in [-0.3, -0.25) is 8.42 Å². The molecule has 12 heavy (non-hydrogen) atoms. The summed E-state index contributed by atoms with van der Waals surface area (Å²) in [7, 11) is -5.17. The smallest absolute Gasteiger partial charge is 0.759 e. The van der Waals surface area contributed by atoms with Crippen LogP contribution >= 0.6 is 0 Å². The largest absolute Gasteiger partial charge is 2.00 e. The van der Waals surface area contributed by atoms with Gasteiger partial charge in [0.05, 0.1) is 0 Å². The Labute approximate surface area is 114 Å². The van der Waals surface area contributed by atoms with E-state index in [-0.39, 0.29) is 48.9 Å². The molecule has 0 aliphatic heterocycles. The predicted molar refractivity (Wildman–Crippen MR) is 45.9 cm³/mol. The van der Waals surface area contributed by atoms with Gasteiger partial charge in [0.2, 0.25) is 0 Å². The minimum atomic E-state index is -5.17.